The quantitative estimate of drug-likeness (QED) is 0.402. The predicted octanol–water partition coefficient (Wildman–Crippen LogP) is -10.2. The topological polar surface area (TPSA) is 179 Å². The summed E-state index contributed by atoms with van der Waals surface area (Å²) in [5.41, 5.74) is 0. The van der Waals surface area contributed by atoms with E-state index in [1.807, 2.05) is 0 Å². The van der Waals surface area contributed by atoms with Gasteiger partial charge in [0.25, 0.3) is 0 Å². The molecule has 0 aromatic rings. The molecule has 0 spiro atoms. The minimum atomic E-state index is -5.36. The minimum Gasteiger partial charge on any atom is -0.861 e. The number of hydrogen-bond acceptors (Lipinski definition) is 8. The van der Waals surface area contributed by atoms with Crippen molar-refractivity contribution < 1.29 is 38.4 Å². The zero-order chi connectivity index (χ0) is 9.00. The van der Waals surface area contributed by atoms with Crippen molar-refractivity contribution in [2.45, 2.75) is 0 Å². The third kappa shape index (κ3) is 382. The summed E-state index contributed by atoms with van der Waals surface area (Å²) >= 11 is 0. The van der Waals surface area contributed by atoms with Crippen LogP contribution in [-0.2, 0) is 0 Å². The SMILES string of the molecule is [Mg+2].[Mg+2].[Mg+2].[O-][Si]([O-])([O-])O.[O-][Si]([O-])([O-])O. The van der Waals surface area contributed by atoms with Crippen molar-refractivity contribution in [3.63, 3.8) is 0 Å². The smallest absolute Gasteiger partial charge is 0.861 e. The molecule has 0 aliphatic rings. The summed E-state index contributed by atoms with van der Waals surface area (Å²) < 4.78 is 0. The molecule has 0 radical (unpaired) electrons. The molecule has 2 N–H and O–H groups in total. The molecule has 0 aliphatic heterocycles. The Morgan fingerprint density at radius 2 is 0.538 bits per heavy atom. The van der Waals surface area contributed by atoms with E-state index >= 15 is 0 Å². The van der Waals surface area contributed by atoms with Crippen LogP contribution in [0.3, 0.4) is 0 Å². The van der Waals surface area contributed by atoms with Gasteiger partial charge in [0.1, 0.15) is 0 Å². The van der Waals surface area contributed by atoms with Gasteiger partial charge in [0, 0.05) is 0 Å². The van der Waals surface area contributed by atoms with Crippen molar-refractivity contribution in [3.8, 4) is 0 Å². The Balaban J connectivity index is -0.0000000267. The molecule has 0 aromatic heterocycles. The molecule has 0 fully saturated rings. The second-order valence-corrected chi connectivity index (χ2v) is 3.14. The van der Waals surface area contributed by atoms with Crippen LogP contribution in [0.1, 0.15) is 0 Å². The van der Waals surface area contributed by atoms with Crippen LogP contribution in [0.5, 0.6) is 0 Å². The van der Waals surface area contributed by atoms with Crippen LogP contribution in [0.4, 0.5) is 0 Å². The molecule has 0 amide bonds. The van der Waals surface area contributed by atoms with E-state index in [4.69, 9.17) is 38.4 Å². The van der Waals surface area contributed by atoms with Crippen LogP contribution in [0.25, 0.3) is 0 Å². The van der Waals surface area contributed by atoms with Gasteiger partial charge in [-0.1, -0.05) is 0 Å². The number of rotatable bonds is 0. The fraction of sp³-hybridized carbons (Fsp3) is 0. The molecule has 0 aliphatic carbocycles. The Morgan fingerprint density at radius 3 is 0.538 bits per heavy atom. The average molecular weight is 259 g/mol. The number of hydrogen-bond donors (Lipinski definition) is 2. The van der Waals surface area contributed by atoms with Gasteiger partial charge in [-0.25, -0.2) is 0 Å². The molecule has 0 unspecified atom stereocenters. The fourth-order valence-corrected chi connectivity index (χ4v) is 0. The van der Waals surface area contributed by atoms with E-state index in [9.17, 15) is 0 Å². The molecular weight excluding hydrogens is 257 g/mol. The fourth-order valence-electron chi connectivity index (χ4n) is 0. The van der Waals surface area contributed by atoms with E-state index in [0.29, 0.717) is 0 Å². The van der Waals surface area contributed by atoms with Gasteiger partial charge in [-0.05, 0) is 0 Å². The first-order chi connectivity index (χ1) is 4.00. The van der Waals surface area contributed by atoms with Gasteiger partial charge in [0.15, 0.2) is 0 Å². The Morgan fingerprint density at radius 1 is 0.538 bits per heavy atom. The van der Waals surface area contributed by atoms with Gasteiger partial charge >= 0.3 is 69.2 Å². The zero-order valence-electron chi connectivity index (χ0n) is 6.47. The minimum absolute atomic E-state index is 0. The first-order valence-corrected chi connectivity index (χ1v) is 5.02. The van der Waals surface area contributed by atoms with E-state index in [2.05, 4.69) is 0 Å². The first-order valence-electron chi connectivity index (χ1n) is 1.67. The molecule has 0 atom stereocenters. The summed E-state index contributed by atoms with van der Waals surface area (Å²) in [5.74, 6) is 0. The standard InChI is InChI=1S/3Mg.2HO4Si/c;;;2*1-5(2,3)4/h;;;2*1H/q3*+2;2*-3. The molecule has 8 nitrogen and oxygen atoms in total. The van der Waals surface area contributed by atoms with Gasteiger partial charge in [-0.3, -0.25) is 0 Å². The summed E-state index contributed by atoms with van der Waals surface area (Å²) in [5, 5.41) is 0. The van der Waals surface area contributed by atoms with Crippen molar-refractivity contribution in [2.24, 2.45) is 0 Å². The van der Waals surface area contributed by atoms with Crippen molar-refractivity contribution >= 4 is 87.3 Å². The van der Waals surface area contributed by atoms with Crippen LogP contribution >= 0.6 is 0 Å². The van der Waals surface area contributed by atoms with Crippen molar-refractivity contribution in [1.29, 1.82) is 0 Å². The van der Waals surface area contributed by atoms with E-state index in [1.165, 1.54) is 0 Å². The zero-order valence-corrected chi connectivity index (χ0v) is 12.7. The molecule has 0 aromatic carbocycles. The maximum absolute atomic E-state index is 8.69. The van der Waals surface area contributed by atoms with Gasteiger partial charge in [0.2, 0.25) is 0 Å². The third-order valence-electron chi connectivity index (χ3n) is 0. The third-order valence-corrected chi connectivity index (χ3v) is 0. The second-order valence-electron chi connectivity index (χ2n) is 1.05. The maximum atomic E-state index is 8.69. The van der Waals surface area contributed by atoms with E-state index in [-0.39, 0.29) is 69.2 Å². The first kappa shape index (κ1) is 29.5. The van der Waals surface area contributed by atoms with E-state index < -0.39 is 18.1 Å². The Labute approximate surface area is 124 Å². The van der Waals surface area contributed by atoms with E-state index in [0.717, 1.165) is 0 Å². The van der Waals surface area contributed by atoms with Gasteiger partial charge in [-0.15, -0.1) is 18.1 Å². The molecule has 0 bridgehead atoms. The molecule has 0 saturated carbocycles. The average Bonchev–Trinajstić information content (AvgIpc) is 1.12. The van der Waals surface area contributed by atoms with E-state index in [1.54, 1.807) is 0 Å². The van der Waals surface area contributed by atoms with Gasteiger partial charge < -0.3 is 38.4 Å². The summed E-state index contributed by atoms with van der Waals surface area (Å²) in [4.78, 5) is 66.1. The van der Waals surface area contributed by atoms with Crippen LogP contribution in [-0.4, -0.2) is 96.8 Å². The van der Waals surface area contributed by atoms with Gasteiger partial charge in [0.05, 0.1) is 0 Å². The molecule has 64 valence electrons. The Bertz CT molecular complexity index is 60.4. The van der Waals surface area contributed by atoms with Crippen molar-refractivity contribution in [2.75, 3.05) is 0 Å². The molecular formula is H2Mg3O8Si2. The summed E-state index contributed by atoms with van der Waals surface area (Å²) in [6, 6.07) is 0. The molecule has 13 heavy (non-hydrogen) atoms. The monoisotopic (exact) mass is 258 g/mol. The van der Waals surface area contributed by atoms with Crippen LogP contribution < -0.4 is 28.8 Å². The summed E-state index contributed by atoms with van der Waals surface area (Å²) in [7, 11) is -10.7. The van der Waals surface area contributed by atoms with Crippen molar-refractivity contribution in [3.05, 3.63) is 0 Å². The Hall–Kier alpha value is 2.41. The molecule has 0 rings (SSSR count). The predicted molar refractivity (Wildman–Crippen MR) is 33.2 cm³/mol. The molecule has 13 heteroatoms. The summed E-state index contributed by atoms with van der Waals surface area (Å²) in [6.07, 6.45) is 0. The summed E-state index contributed by atoms with van der Waals surface area (Å²) in [6.45, 7) is 0. The molecule has 0 saturated heterocycles. The van der Waals surface area contributed by atoms with Crippen LogP contribution in [0.2, 0.25) is 0 Å². The molecule has 0 heterocycles. The van der Waals surface area contributed by atoms with Gasteiger partial charge in [-0.2, -0.15) is 0 Å². The van der Waals surface area contributed by atoms with Crippen LogP contribution in [0, 0.1) is 0 Å². The Kier molecular flexibility index (Phi) is 28.4. The second kappa shape index (κ2) is 12.5. The van der Waals surface area contributed by atoms with Crippen molar-refractivity contribution in [1.82, 2.24) is 0 Å². The normalized spacial score (nSPS) is 9.23. The van der Waals surface area contributed by atoms with Crippen LogP contribution in [0.15, 0.2) is 0 Å². The maximum Gasteiger partial charge on any atom is 2.00 e. The largest absolute Gasteiger partial charge is 2.00 e.